The van der Waals surface area contributed by atoms with Gasteiger partial charge in [-0.3, -0.25) is 4.79 Å². The van der Waals surface area contributed by atoms with Gasteiger partial charge in [-0.2, -0.15) is 5.10 Å². The Morgan fingerprint density at radius 2 is 2.00 bits per heavy atom. The van der Waals surface area contributed by atoms with Crippen LogP contribution in [0.4, 0.5) is 5.82 Å². The number of pyridine rings is 1. The van der Waals surface area contributed by atoms with E-state index in [-0.39, 0.29) is 11.4 Å². The van der Waals surface area contributed by atoms with Crippen LogP contribution in [0.3, 0.4) is 0 Å². The maximum atomic E-state index is 11.7. The van der Waals surface area contributed by atoms with Crippen LogP contribution in [-0.4, -0.2) is 26.3 Å². The Hall–Kier alpha value is -3.00. The lowest BCUT2D eigenvalue weighted by Crippen LogP contribution is -2.09. The first-order chi connectivity index (χ1) is 11.5. The summed E-state index contributed by atoms with van der Waals surface area (Å²) in [4.78, 5) is 27.0. The van der Waals surface area contributed by atoms with Gasteiger partial charge in [0, 0.05) is 27.9 Å². The summed E-state index contributed by atoms with van der Waals surface area (Å²) in [5.41, 5.74) is 7.57. The number of H-pyrrole nitrogens is 1. The Kier molecular flexibility index (Phi) is 4.13. The molecule has 2 aromatic heterocycles. The van der Waals surface area contributed by atoms with Crippen molar-refractivity contribution in [1.82, 2.24) is 15.2 Å². The molecule has 0 unspecified atom stereocenters. The Morgan fingerprint density at radius 1 is 1.21 bits per heavy atom. The smallest absolute Gasteiger partial charge is 0.335 e. The topological polar surface area (TPSA) is 122 Å². The molecule has 0 aliphatic rings. The lowest BCUT2D eigenvalue weighted by Gasteiger charge is -2.10. The predicted molar refractivity (Wildman–Crippen MR) is 92.6 cm³/mol. The number of halogens is 1. The number of carbonyl (C=O) groups is 1. The number of aromatic carboxylic acids is 1. The molecule has 0 fully saturated rings. The third-order valence-corrected chi connectivity index (χ3v) is 3.80. The van der Waals surface area contributed by atoms with Crippen molar-refractivity contribution in [2.24, 2.45) is 0 Å². The summed E-state index contributed by atoms with van der Waals surface area (Å²) in [5, 5.41) is 15.6. The Bertz CT molecular complexity index is 1000. The van der Waals surface area contributed by atoms with Gasteiger partial charge in [-0.1, -0.05) is 12.1 Å². The highest BCUT2D eigenvalue weighted by Crippen LogP contribution is 2.33. The van der Waals surface area contributed by atoms with Crippen molar-refractivity contribution < 1.29 is 9.90 Å². The highest BCUT2D eigenvalue weighted by molar-refractivity contribution is 9.10. The molecule has 3 aromatic rings. The fourth-order valence-electron chi connectivity index (χ4n) is 2.29. The summed E-state index contributed by atoms with van der Waals surface area (Å²) >= 11 is 3.32. The molecule has 0 saturated carbocycles. The molecule has 0 amide bonds. The SMILES string of the molecule is Nc1ncc(Br)cc1-c1n[nH]c(=O)cc1-c1cccc(C(=O)O)c1. The van der Waals surface area contributed by atoms with Crippen molar-refractivity contribution >= 4 is 27.7 Å². The zero-order chi connectivity index (χ0) is 17.3. The lowest BCUT2D eigenvalue weighted by atomic mass is 9.99. The minimum absolute atomic E-state index is 0.110. The van der Waals surface area contributed by atoms with Crippen LogP contribution in [0.25, 0.3) is 22.4 Å². The average Bonchev–Trinajstić information content (AvgIpc) is 2.57. The number of anilines is 1. The number of carboxylic acid groups (broad SMARTS) is 1. The van der Waals surface area contributed by atoms with Gasteiger partial charge >= 0.3 is 5.97 Å². The molecule has 4 N–H and O–H groups in total. The maximum absolute atomic E-state index is 11.7. The second-order valence-electron chi connectivity index (χ2n) is 4.97. The molecule has 8 heteroatoms. The number of hydrogen-bond donors (Lipinski definition) is 3. The van der Waals surface area contributed by atoms with Gasteiger partial charge in [0.15, 0.2) is 0 Å². The van der Waals surface area contributed by atoms with Crippen LogP contribution in [-0.2, 0) is 0 Å². The Morgan fingerprint density at radius 3 is 2.75 bits per heavy atom. The van der Waals surface area contributed by atoms with E-state index in [9.17, 15) is 9.59 Å². The number of aromatic nitrogens is 3. The second kappa shape index (κ2) is 6.25. The normalized spacial score (nSPS) is 10.5. The monoisotopic (exact) mass is 386 g/mol. The van der Waals surface area contributed by atoms with Gasteiger partial charge in [0.05, 0.1) is 5.56 Å². The number of aromatic amines is 1. The molecule has 0 atom stereocenters. The standard InChI is InChI=1S/C16H11BrN4O3/c17-10-5-12(15(18)19-7-10)14-11(6-13(22)20-21-14)8-2-1-3-9(4-8)16(23)24/h1-7H,(H2,18,19)(H,20,22)(H,23,24). The van der Waals surface area contributed by atoms with Crippen molar-refractivity contribution in [3.8, 4) is 22.4 Å². The van der Waals surface area contributed by atoms with Crippen LogP contribution in [0, 0.1) is 0 Å². The van der Waals surface area contributed by atoms with Crippen molar-refractivity contribution in [2.45, 2.75) is 0 Å². The first kappa shape index (κ1) is 15.9. The van der Waals surface area contributed by atoms with Crippen LogP contribution in [0.2, 0.25) is 0 Å². The highest BCUT2D eigenvalue weighted by Gasteiger charge is 2.15. The van der Waals surface area contributed by atoms with E-state index in [1.165, 1.54) is 18.2 Å². The lowest BCUT2D eigenvalue weighted by molar-refractivity contribution is 0.0697. The number of nitrogens with zero attached hydrogens (tertiary/aromatic N) is 2. The number of hydrogen-bond acceptors (Lipinski definition) is 5. The predicted octanol–water partition coefficient (Wildman–Crippen LogP) is 2.54. The molecular formula is C16H11BrN4O3. The van der Waals surface area contributed by atoms with Crippen molar-refractivity contribution in [1.29, 1.82) is 0 Å². The number of nitrogens with two attached hydrogens (primary N) is 1. The Balaban J connectivity index is 2.27. The quantitative estimate of drug-likeness (QED) is 0.635. The molecule has 24 heavy (non-hydrogen) atoms. The minimum atomic E-state index is -1.06. The zero-order valence-corrected chi connectivity index (χ0v) is 13.7. The number of rotatable bonds is 3. The molecule has 0 bridgehead atoms. The largest absolute Gasteiger partial charge is 0.478 e. The second-order valence-corrected chi connectivity index (χ2v) is 5.88. The van der Waals surface area contributed by atoms with E-state index in [4.69, 9.17) is 10.8 Å². The average molecular weight is 387 g/mol. The minimum Gasteiger partial charge on any atom is -0.478 e. The van der Waals surface area contributed by atoms with Crippen LogP contribution in [0.5, 0.6) is 0 Å². The number of nitrogens with one attached hydrogen (secondary N) is 1. The third-order valence-electron chi connectivity index (χ3n) is 3.37. The summed E-state index contributed by atoms with van der Waals surface area (Å²) < 4.78 is 0.699. The molecule has 0 spiro atoms. The molecule has 3 rings (SSSR count). The van der Waals surface area contributed by atoms with Gasteiger partial charge in [-0.15, -0.1) is 0 Å². The summed E-state index contributed by atoms with van der Waals surface area (Å²) in [6, 6.07) is 9.34. The van der Waals surface area contributed by atoms with E-state index in [0.29, 0.717) is 26.9 Å². The number of benzene rings is 1. The van der Waals surface area contributed by atoms with E-state index in [1.54, 1.807) is 24.4 Å². The fraction of sp³-hybridized carbons (Fsp3) is 0. The van der Waals surface area contributed by atoms with Crippen molar-refractivity contribution in [3.63, 3.8) is 0 Å². The molecule has 0 radical (unpaired) electrons. The van der Waals surface area contributed by atoms with Crippen molar-refractivity contribution in [2.75, 3.05) is 5.73 Å². The summed E-state index contributed by atoms with van der Waals surface area (Å²) in [7, 11) is 0. The van der Waals surface area contributed by atoms with Gasteiger partial charge in [-0.25, -0.2) is 14.9 Å². The van der Waals surface area contributed by atoms with Gasteiger partial charge in [0.1, 0.15) is 11.5 Å². The van der Waals surface area contributed by atoms with E-state index >= 15 is 0 Å². The van der Waals surface area contributed by atoms with Gasteiger partial charge in [0.25, 0.3) is 5.56 Å². The fourth-order valence-corrected chi connectivity index (χ4v) is 2.62. The van der Waals surface area contributed by atoms with E-state index in [2.05, 4.69) is 31.1 Å². The zero-order valence-electron chi connectivity index (χ0n) is 12.2. The van der Waals surface area contributed by atoms with Crippen molar-refractivity contribution in [3.05, 3.63) is 63.0 Å². The van der Waals surface area contributed by atoms with Crippen LogP contribution < -0.4 is 11.3 Å². The first-order valence-corrected chi connectivity index (χ1v) is 7.60. The molecule has 0 aliphatic heterocycles. The van der Waals surface area contributed by atoms with Gasteiger partial charge in [-0.05, 0) is 39.7 Å². The molecule has 2 heterocycles. The molecule has 120 valence electrons. The van der Waals surface area contributed by atoms with Gasteiger partial charge < -0.3 is 10.8 Å². The first-order valence-electron chi connectivity index (χ1n) is 6.80. The maximum Gasteiger partial charge on any atom is 0.335 e. The molecule has 0 aliphatic carbocycles. The third kappa shape index (κ3) is 3.04. The molecule has 1 aromatic carbocycles. The van der Waals surface area contributed by atoms with E-state index in [1.807, 2.05) is 0 Å². The highest BCUT2D eigenvalue weighted by atomic mass is 79.9. The van der Waals surface area contributed by atoms with Gasteiger partial charge in [0.2, 0.25) is 0 Å². The van der Waals surface area contributed by atoms with Crippen LogP contribution in [0.1, 0.15) is 10.4 Å². The van der Waals surface area contributed by atoms with E-state index < -0.39 is 11.5 Å². The number of nitrogen functional groups attached to an aromatic ring is 1. The molecule has 0 saturated heterocycles. The summed E-state index contributed by atoms with van der Waals surface area (Å²) in [5.74, 6) is -0.812. The van der Waals surface area contributed by atoms with Crippen LogP contribution in [0.15, 0.2) is 51.9 Å². The van der Waals surface area contributed by atoms with E-state index in [0.717, 1.165) is 0 Å². The molecule has 7 nitrogen and oxygen atoms in total. The number of carboxylic acids is 1. The van der Waals surface area contributed by atoms with Crippen LogP contribution >= 0.6 is 15.9 Å². The Labute approximate surface area is 144 Å². The summed E-state index contributed by atoms with van der Waals surface area (Å²) in [6.45, 7) is 0. The summed E-state index contributed by atoms with van der Waals surface area (Å²) in [6.07, 6.45) is 1.55. The molecular weight excluding hydrogens is 376 g/mol.